The number of carbonyl (C=O) groups excluding carboxylic acids is 3. The van der Waals surface area contributed by atoms with Crippen LogP contribution in [0.1, 0.15) is 181 Å². The first-order chi connectivity index (χ1) is 27.6. The standard InChI is InChI=1S/C42H78O14P2/c1-4-5-6-7-14-19-24-29-38(43)30-25-20-17-22-26-31-41(45)52-35-40(36-55-58(50,51)54-34-39(44)33-53-57(47,48)49)56-42(46)32-27-21-16-13-11-9-8-10-12-15-18-23-28-37(2)3/h14,19,24,29,37,39-40,44H,4-13,15-18,20-23,25-28,30-36H2,1-3H3,(H,50,51)(H2,47,48,49)/b19-14-,29-24+/t39-,40+/m0/s1. The molecule has 0 aliphatic carbocycles. The van der Waals surface area contributed by atoms with Crippen molar-refractivity contribution in [3.05, 3.63) is 24.3 Å². The summed E-state index contributed by atoms with van der Waals surface area (Å²) in [5.41, 5.74) is 0. The lowest BCUT2D eigenvalue weighted by Crippen LogP contribution is -2.30. The number of esters is 2. The zero-order valence-corrected chi connectivity index (χ0v) is 37.6. The maximum Gasteiger partial charge on any atom is 0.472 e. The van der Waals surface area contributed by atoms with Crippen LogP contribution in [0, 0.1) is 5.92 Å². The summed E-state index contributed by atoms with van der Waals surface area (Å²) in [5.74, 6) is -0.247. The molecular weight excluding hydrogens is 790 g/mol. The van der Waals surface area contributed by atoms with E-state index in [9.17, 15) is 33.5 Å². The van der Waals surface area contributed by atoms with E-state index in [0.717, 1.165) is 70.1 Å². The van der Waals surface area contributed by atoms with Crippen LogP contribution in [0.25, 0.3) is 0 Å². The fourth-order valence-electron chi connectivity index (χ4n) is 5.87. The van der Waals surface area contributed by atoms with Gasteiger partial charge in [-0.25, -0.2) is 9.13 Å². The molecule has 0 spiro atoms. The fourth-order valence-corrected chi connectivity index (χ4v) is 7.02. The smallest absolute Gasteiger partial charge is 0.462 e. The first-order valence-electron chi connectivity index (χ1n) is 21.8. The van der Waals surface area contributed by atoms with Gasteiger partial charge < -0.3 is 29.3 Å². The molecule has 0 radical (unpaired) electrons. The molecule has 1 unspecified atom stereocenters. The van der Waals surface area contributed by atoms with Crippen LogP contribution in [-0.4, -0.2) is 76.1 Å². The summed E-state index contributed by atoms with van der Waals surface area (Å²) in [6.07, 6.45) is 28.6. The second kappa shape index (κ2) is 37.1. The van der Waals surface area contributed by atoms with E-state index in [1.165, 1.54) is 64.2 Å². The van der Waals surface area contributed by atoms with Crippen LogP contribution in [0.4, 0.5) is 0 Å². The molecule has 0 aliphatic heterocycles. The minimum atomic E-state index is -4.87. The van der Waals surface area contributed by atoms with Crippen molar-refractivity contribution in [3.8, 4) is 0 Å². The van der Waals surface area contributed by atoms with Gasteiger partial charge in [0.2, 0.25) is 0 Å². The average Bonchev–Trinajstić information content (AvgIpc) is 3.16. The lowest BCUT2D eigenvalue weighted by molar-refractivity contribution is -0.161. The molecule has 16 heteroatoms. The molecule has 0 bridgehead atoms. The number of carbonyl (C=O) groups is 3. The van der Waals surface area contributed by atoms with E-state index in [1.54, 1.807) is 12.2 Å². The Hall–Kier alpha value is -1.73. The monoisotopic (exact) mass is 868 g/mol. The third-order valence-electron chi connectivity index (χ3n) is 9.24. The van der Waals surface area contributed by atoms with Gasteiger partial charge in [-0.05, 0) is 44.1 Å². The lowest BCUT2D eigenvalue weighted by atomic mass is 10.0. The predicted octanol–water partition coefficient (Wildman–Crippen LogP) is 10.2. The molecule has 0 saturated heterocycles. The predicted molar refractivity (Wildman–Crippen MR) is 226 cm³/mol. The average molecular weight is 869 g/mol. The van der Waals surface area contributed by atoms with Crippen LogP contribution in [0.3, 0.4) is 0 Å². The molecule has 0 amide bonds. The maximum atomic E-state index is 12.7. The Morgan fingerprint density at radius 1 is 0.586 bits per heavy atom. The zero-order chi connectivity index (χ0) is 43.3. The molecule has 0 aliphatic rings. The molecule has 4 N–H and O–H groups in total. The van der Waals surface area contributed by atoms with Crippen molar-refractivity contribution < 1.29 is 66.3 Å². The van der Waals surface area contributed by atoms with Crippen molar-refractivity contribution in [1.82, 2.24) is 0 Å². The van der Waals surface area contributed by atoms with Gasteiger partial charge in [-0.2, -0.15) is 0 Å². The number of allylic oxidation sites excluding steroid dienone is 4. The largest absolute Gasteiger partial charge is 0.472 e. The van der Waals surface area contributed by atoms with Crippen LogP contribution in [-0.2, 0) is 46.6 Å². The molecule has 58 heavy (non-hydrogen) atoms. The van der Waals surface area contributed by atoms with Crippen molar-refractivity contribution in [2.24, 2.45) is 5.92 Å². The van der Waals surface area contributed by atoms with Gasteiger partial charge in [-0.3, -0.25) is 28.0 Å². The minimum absolute atomic E-state index is 0.0879. The quantitative estimate of drug-likeness (QED) is 0.0148. The summed E-state index contributed by atoms with van der Waals surface area (Å²) in [6, 6.07) is 0. The Kier molecular flexibility index (Phi) is 36.0. The van der Waals surface area contributed by atoms with Gasteiger partial charge in [0.05, 0.1) is 19.8 Å². The number of hydrogen-bond acceptors (Lipinski definition) is 11. The summed E-state index contributed by atoms with van der Waals surface area (Å²) in [7, 11) is -9.70. The zero-order valence-electron chi connectivity index (χ0n) is 35.8. The fraction of sp³-hybridized carbons (Fsp3) is 0.833. The van der Waals surface area contributed by atoms with Gasteiger partial charge in [0.25, 0.3) is 0 Å². The molecule has 0 rings (SSSR count). The van der Waals surface area contributed by atoms with Crippen molar-refractivity contribution in [2.75, 3.05) is 26.4 Å². The Labute approximate surface area is 349 Å². The molecule has 0 aromatic rings. The third-order valence-corrected chi connectivity index (χ3v) is 10.7. The first-order valence-corrected chi connectivity index (χ1v) is 24.9. The van der Waals surface area contributed by atoms with E-state index < -0.39 is 66.2 Å². The summed E-state index contributed by atoms with van der Waals surface area (Å²) < 4.78 is 47.7. The molecule has 3 atom stereocenters. The molecular formula is C42H78O14P2. The number of unbranched alkanes of at least 4 members (excludes halogenated alkanes) is 18. The van der Waals surface area contributed by atoms with Crippen molar-refractivity contribution in [1.29, 1.82) is 0 Å². The molecule has 0 heterocycles. The highest BCUT2D eigenvalue weighted by Gasteiger charge is 2.28. The molecule has 14 nitrogen and oxygen atoms in total. The van der Waals surface area contributed by atoms with Gasteiger partial charge in [0, 0.05) is 19.3 Å². The molecule has 0 fully saturated rings. The van der Waals surface area contributed by atoms with E-state index in [0.29, 0.717) is 19.3 Å². The number of aliphatic hydroxyl groups is 1. The highest BCUT2D eigenvalue weighted by Crippen LogP contribution is 2.43. The van der Waals surface area contributed by atoms with Crippen LogP contribution in [0.2, 0.25) is 0 Å². The van der Waals surface area contributed by atoms with Crippen LogP contribution < -0.4 is 0 Å². The number of ketones is 1. The Morgan fingerprint density at radius 2 is 1.09 bits per heavy atom. The summed E-state index contributed by atoms with van der Waals surface area (Å²) in [4.78, 5) is 64.7. The normalized spacial score (nSPS) is 14.3. The molecule has 0 aromatic heterocycles. The third kappa shape index (κ3) is 41.0. The van der Waals surface area contributed by atoms with Gasteiger partial charge >= 0.3 is 27.6 Å². The van der Waals surface area contributed by atoms with E-state index in [1.807, 2.05) is 6.08 Å². The SMILES string of the molecule is CCCCC/C=C\C=C\C(=O)CCCCCCCC(=O)OC[C@H](COP(=O)(O)OC[C@@H](O)COP(=O)(O)O)OC(=O)CCCCCCCCCCCCCCC(C)C. The second-order valence-electron chi connectivity index (χ2n) is 15.5. The summed E-state index contributed by atoms with van der Waals surface area (Å²) in [6.45, 7) is 3.89. The molecule has 0 aromatic carbocycles. The number of ether oxygens (including phenoxy) is 2. The Balaban J connectivity index is 4.58. The van der Waals surface area contributed by atoms with Crippen LogP contribution in [0.15, 0.2) is 24.3 Å². The van der Waals surface area contributed by atoms with Crippen molar-refractivity contribution in [2.45, 2.75) is 193 Å². The highest BCUT2D eigenvalue weighted by atomic mass is 31.2. The van der Waals surface area contributed by atoms with Crippen molar-refractivity contribution >= 4 is 33.4 Å². The summed E-state index contributed by atoms with van der Waals surface area (Å²) in [5, 5.41) is 9.74. The Bertz CT molecular complexity index is 1200. The molecule has 340 valence electrons. The molecule has 0 saturated carbocycles. The Morgan fingerprint density at radius 3 is 1.64 bits per heavy atom. The number of hydrogen-bond donors (Lipinski definition) is 4. The van der Waals surface area contributed by atoms with Crippen LogP contribution >= 0.6 is 15.6 Å². The van der Waals surface area contributed by atoms with Gasteiger partial charge in [0.15, 0.2) is 11.9 Å². The van der Waals surface area contributed by atoms with E-state index in [-0.39, 0.29) is 18.6 Å². The van der Waals surface area contributed by atoms with Gasteiger partial charge in [0.1, 0.15) is 12.7 Å². The summed E-state index contributed by atoms with van der Waals surface area (Å²) >= 11 is 0. The number of rotatable bonds is 41. The van der Waals surface area contributed by atoms with E-state index in [2.05, 4.69) is 35.9 Å². The number of phosphoric acid groups is 2. The van der Waals surface area contributed by atoms with Gasteiger partial charge in [-0.15, -0.1) is 0 Å². The topological polar surface area (TPSA) is 212 Å². The highest BCUT2D eigenvalue weighted by molar-refractivity contribution is 7.47. The maximum absolute atomic E-state index is 12.7. The number of aliphatic hydroxyl groups excluding tert-OH is 1. The minimum Gasteiger partial charge on any atom is -0.462 e. The van der Waals surface area contributed by atoms with E-state index >= 15 is 0 Å². The van der Waals surface area contributed by atoms with Gasteiger partial charge in [-0.1, -0.05) is 148 Å². The van der Waals surface area contributed by atoms with E-state index in [4.69, 9.17) is 23.8 Å². The van der Waals surface area contributed by atoms with Crippen molar-refractivity contribution in [3.63, 3.8) is 0 Å². The number of phosphoric ester groups is 2. The second-order valence-corrected chi connectivity index (χ2v) is 18.2. The first kappa shape index (κ1) is 56.3. The van der Waals surface area contributed by atoms with Crippen LogP contribution in [0.5, 0.6) is 0 Å². The lowest BCUT2D eigenvalue weighted by Gasteiger charge is -2.20.